The number of likely N-dealkylation sites (tertiary alicyclic amines) is 1. The van der Waals surface area contributed by atoms with Gasteiger partial charge in [-0.1, -0.05) is 29.1 Å². The van der Waals surface area contributed by atoms with E-state index in [1.807, 2.05) is 24.3 Å². The van der Waals surface area contributed by atoms with Crippen molar-refractivity contribution in [3.05, 3.63) is 48.0 Å². The molecule has 5 rings (SSSR count). The number of para-hydroxylation sites is 1. The van der Waals surface area contributed by atoms with Crippen molar-refractivity contribution in [2.75, 3.05) is 32.1 Å². The maximum Gasteiger partial charge on any atom is 0.521 e. The molecule has 3 atom stereocenters. The first-order chi connectivity index (χ1) is 15.4. The van der Waals surface area contributed by atoms with Crippen LogP contribution in [-0.2, 0) is 11.0 Å². The highest BCUT2D eigenvalue weighted by atomic mass is 19.4. The number of halogens is 3. The molecular weight excluding hydrogens is 423 g/mol. The van der Waals surface area contributed by atoms with Crippen LogP contribution in [0.25, 0.3) is 11.0 Å². The summed E-state index contributed by atoms with van der Waals surface area (Å²) in [5.41, 5.74) is 1.83. The quantitative estimate of drug-likeness (QED) is 0.654. The van der Waals surface area contributed by atoms with Crippen molar-refractivity contribution < 1.29 is 22.6 Å². The third-order valence-electron chi connectivity index (χ3n) is 6.21. The van der Waals surface area contributed by atoms with Crippen LogP contribution in [0.15, 0.2) is 42.5 Å². The number of aromatic nitrogens is 3. The summed E-state index contributed by atoms with van der Waals surface area (Å²) in [7, 11) is 1.72. The summed E-state index contributed by atoms with van der Waals surface area (Å²) in [6, 6.07) is 12.5. The zero-order chi connectivity index (χ0) is 22.3. The highest BCUT2D eigenvalue weighted by molar-refractivity contribution is 5.87. The van der Waals surface area contributed by atoms with Crippen LogP contribution in [0.1, 0.15) is 24.4 Å². The van der Waals surface area contributed by atoms with Crippen molar-refractivity contribution in [1.82, 2.24) is 19.9 Å². The van der Waals surface area contributed by atoms with E-state index in [2.05, 4.69) is 20.4 Å². The largest absolute Gasteiger partial charge is 0.521 e. The van der Waals surface area contributed by atoms with Crippen molar-refractivity contribution in [2.45, 2.75) is 37.3 Å². The number of alkyl halides is 3. The van der Waals surface area contributed by atoms with Crippen LogP contribution in [0, 0.1) is 0 Å². The number of fused-ring (bicyclic) bond motifs is 2. The molecule has 0 spiro atoms. The van der Waals surface area contributed by atoms with Gasteiger partial charge in [-0.2, -0.15) is 0 Å². The SMILES string of the molecule is CO[C@H]1CCCN([C@H]2COc3ccccc3[C@@H]2Nc2cccc3nn(C(F)(F)F)nc23)C1. The van der Waals surface area contributed by atoms with E-state index in [4.69, 9.17) is 9.47 Å². The molecule has 1 fully saturated rings. The topological polar surface area (TPSA) is 64.4 Å². The highest BCUT2D eigenvalue weighted by Gasteiger charge is 2.38. The molecule has 0 aliphatic carbocycles. The fraction of sp³-hybridized carbons (Fsp3) is 0.455. The Balaban J connectivity index is 1.52. The Morgan fingerprint density at radius 3 is 2.78 bits per heavy atom. The van der Waals surface area contributed by atoms with Crippen molar-refractivity contribution in [3.63, 3.8) is 0 Å². The van der Waals surface area contributed by atoms with Crippen LogP contribution in [0.4, 0.5) is 18.9 Å². The Kier molecular flexibility index (Phi) is 5.42. The average Bonchev–Trinajstić information content (AvgIpc) is 3.25. The third kappa shape index (κ3) is 3.88. The van der Waals surface area contributed by atoms with E-state index >= 15 is 0 Å². The van der Waals surface area contributed by atoms with E-state index in [-0.39, 0.29) is 34.0 Å². The van der Waals surface area contributed by atoms with Gasteiger partial charge >= 0.3 is 6.30 Å². The number of nitrogens with one attached hydrogen (secondary N) is 1. The van der Waals surface area contributed by atoms with Gasteiger partial charge < -0.3 is 14.8 Å². The lowest BCUT2D eigenvalue weighted by Crippen LogP contribution is -2.53. The lowest BCUT2D eigenvalue weighted by atomic mass is 9.92. The lowest BCUT2D eigenvalue weighted by Gasteiger charge is -2.44. The first-order valence-corrected chi connectivity index (χ1v) is 10.6. The predicted molar refractivity (Wildman–Crippen MR) is 113 cm³/mol. The van der Waals surface area contributed by atoms with Gasteiger partial charge in [0, 0.05) is 19.2 Å². The first kappa shape index (κ1) is 21.0. The number of anilines is 1. The van der Waals surface area contributed by atoms with Crippen molar-refractivity contribution in [1.29, 1.82) is 0 Å². The number of rotatable bonds is 4. The van der Waals surface area contributed by atoms with Gasteiger partial charge in [-0.3, -0.25) is 4.90 Å². The Labute approximate surface area is 183 Å². The first-order valence-electron chi connectivity index (χ1n) is 10.6. The molecule has 2 aromatic carbocycles. The number of piperidine rings is 1. The summed E-state index contributed by atoms with van der Waals surface area (Å²) in [6.45, 7) is 2.15. The minimum Gasteiger partial charge on any atom is -0.491 e. The second kappa shape index (κ2) is 8.25. The van der Waals surface area contributed by atoms with Gasteiger partial charge in [0.25, 0.3) is 0 Å². The van der Waals surface area contributed by atoms with E-state index in [0.717, 1.165) is 37.2 Å². The summed E-state index contributed by atoms with van der Waals surface area (Å²) < 4.78 is 51.2. The van der Waals surface area contributed by atoms with E-state index in [1.54, 1.807) is 19.2 Å². The number of hydrogen-bond acceptors (Lipinski definition) is 6. The summed E-state index contributed by atoms with van der Waals surface area (Å²) in [4.78, 5) is 2.16. The summed E-state index contributed by atoms with van der Waals surface area (Å²) in [5, 5.41) is 10.8. The second-order valence-corrected chi connectivity index (χ2v) is 8.16. The molecule has 0 bridgehead atoms. The highest BCUT2D eigenvalue weighted by Crippen LogP contribution is 2.38. The number of hydrogen-bond donors (Lipinski definition) is 1. The molecule has 170 valence electrons. The summed E-state index contributed by atoms with van der Waals surface area (Å²) >= 11 is 0. The lowest BCUT2D eigenvalue weighted by molar-refractivity contribution is -0.220. The van der Waals surface area contributed by atoms with Crippen LogP contribution in [-0.4, -0.2) is 58.8 Å². The maximum atomic E-state index is 13.2. The smallest absolute Gasteiger partial charge is 0.491 e. The number of nitrogens with zero attached hydrogens (tertiary/aromatic N) is 4. The molecule has 7 nitrogen and oxygen atoms in total. The molecule has 10 heteroatoms. The van der Waals surface area contributed by atoms with E-state index in [1.165, 1.54) is 6.07 Å². The molecule has 3 aromatic rings. The Morgan fingerprint density at radius 2 is 1.97 bits per heavy atom. The van der Waals surface area contributed by atoms with Crippen molar-refractivity contribution >= 4 is 16.7 Å². The molecule has 0 unspecified atom stereocenters. The Morgan fingerprint density at radius 1 is 1.12 bits per heavy atom. The Bertz CT molecular complexity index is 1100. The molecule has 1 aromatic heterocycles. The summed E-state index contributed by atoms with van der Waals surface area (Å²) in [6.07, 6.45) is -2.50. The van der Waals surface area contributed by atoms with Gasteiger partial charge in [0.2, 0.25) is 0 Å². The average molecular weight is 447 g/mol. The van der Waals surface area contributed by atoms with Gasteiger partial charge in [-0.15, -0.1) is 23.4 Å². The fourth-order valence-electron chi connectivity index (χ4n) is 4.63. The monoisotopic (exact) mass is 447 g/mol. The van der Waals surface area contributed by atoms with Crippen LogP contribution in [0.5, 0.6) is 5.75 Å². The normalized spacial score (nSPS) is 24.2. The zero-order valence-corrected chi connectivity index (χ0v) is 17.5. The molecule has 2 aliphatic rings. The van der Waals surface area contributed by atoms with Crippen molar-refractivity contribution in [2.24, 2.45) is 0 Å². The molecular formula is C22H24F3N5O2. The minimum absolute atomic E-state index is 0.0178. The molecule has 1 saturated heterocycles. The molecule has 0 amide bonds. The molecule has 2 aliphatic heterocycles. The van der Waals surface area contributed by atoms with Crippen LogP contribution < -0.4 is 10.1 Å². The van der Waals surface area contributed by atoms with Gasteiger partial charge in [0.05, 0.1) is 23.9 Å². The third-order valence-corrected chi connectivity index (χ3v) is 6.21. The predicted octanol–water partition coefficient (Wildman–Crippen LogP) is 3.93. The molecule has 0 radical (unpaired) electrons. The van der Waals surface area contributed by atoms with E-state index in [9.17, 15) is 13.2 Å². The van der Waals surface area contributed by atoms with Gasteiger partial charge in [0.1, 0.15) is 23.4 Å². The molecule has 32 heavy (non-hydrogen) atoms. The van der Waals surface area contributed by atoms with Crippen LogP contribution >= 0.6 is 0 Å². The standard InChI is InChI=1S/C22H24F3N5O2/c1-31-14-6-5-11-29(12-14)18-13-32-19-10-3-2-7-15(19)20(18)26-16-8-4-9-17-21(16)28-30(27-17)22(23,24)25/h2-4,7-10,14,18,20,26H,5-6,11-13H2,1H3/t14-,18-,20-/m0/s1. The zero-order valence-electron chi connectivity index (χ0n) is 17.5. The fourth-order valence-corrected chi connectivity index (χ4v) is 4.63. The number of benzene rings is 2. The molecule has 1 N–H and O–H groups in total. The number of methoxy groups -OCH3 is 1. The number of ether oxygens (including phenoxy) is 2. The summed E-state index contributed by atoms with van der Waals surface area (Å²) in [5.74, 6) is 0.771. The Hall–Kier alpha value is -2.85. The molecule has 0 saturated carbocycles. The van der Waals surface area contributed by atoms with E-state index < -0.39 is 6.30 Å². The molecule has 3 heterocycles. The maximum absolute atomic E-state index is 13.2. The van der Waals surface area contributed by atoms with Crippen LogP contribution in [0.2, 0.25) is 0 Å². The van der Waals surface area contributed by atoms with E-state index in [0.29, 0.717) is 12.3 Å². The van der Waals surface area contributed by atoms with Crippen LogP contribution in [0.3, 0.4) is 0 Å². The minimum atomic E-state index is -4.67. The second-order valence-electron chi connectivity index (χ2n) is 8.16. The van der Waals surface area contributed by atoms with Gasteiger partial charge in [-0.25, -0.2) is 0 Å². The van der Waals surface area contributed by atoms with Crippen molar-refractivity contribution in [3.8, 4) is 5.75 Å². The van der Waals surface area contributed by atoms with Gasteiger partial charge in [0.15, 0.2) is 0 Å². The van der Waals surface area contributed by atoms with Gasteiger partial charge in [-0.05, 0) is 37.6 Å².